The van der Waals surface area contributed by atoms with Gasteiger partial charge in [-0.2, -0.15) is 0 Å². The third kappa shape index (κ3) is 74.7. The molecule has 0 heterocycles. The van der Waals surface area contributed by atoms with E-state index in [2.05, 4.69) is 41.5 Å². The van der Waals surface area contributed by atoms with Crippen molar-refractivity contribution in [2.75, 3.05) is 39.6 Å². The molecule has 0 rings (SSSR count). The zero-order chi connectivity index (χ0) is 74.2. The topological polar surface area (TPSA) is 237 Å². The number of carbonyl (C=O) groups is 4. The SMILES string of the molecule is CCCCCCCCCCCCCCCCCC(=O)OC[C@H](COP(=O)(O)OC[C@@H](O)COP(=O)(O)OC[C@@H](COC(=O)CCCCCCCCCCC(C)CC)OC(=O)CCCCCCCCCCCCCCC)OC(=O)CCCCCCCCCCCCCCCCCCCCC(C)C. The fourth-order valence-corrected chi connectivity index (χ4v) is 14.3. The molecule has 0 radical (unpaired) electrons. The molecule has 17 nitrogen and oxygen atoms in total. The monoisotopic (exact) mass is 1480 g/mol. The molecule has 3 unspecified atom stereocenters. The van der Waals surface area contributed by atoms with Gasteiger partial charge in [0.05, 0.1) is 26.4 Å². The number of ether oxygens (including phenoxy) is 4. The van der Waals surface area contributed by atoms with Crippen LogP contribution in [0.1, 0.15) is 433 Å². The molecule has 19 heteroatoms. The van der Waals surface area contributed by atoms with Gasteiger partial charge in [0, 0.05) is 25.7 Å². The molecule has 0 aromatic carbocycles. The third-order valence-electron chi connectivity index (χ3n) is 19.6. The van der Waals surface area contributed by atoms with Gasteiger partial charge in [-0.15, -0.1) is 0 Å². The van der Waals surface area contributed by atoms with Crippen molar-refractivity contribution in [3.63, 3.8) is 0 Å². The summed E-state index contributed by atoms with van der Waals surface area (Å²) < 4.78 is 68.8. The first kappa shape index (κ1) is 99.1. The molecule has 0 spiro atoms. The van der Waals surface area contributed by atoms with E-state index < -0.39 is 97.5 Å². The van der Waals surface area contributed by atoms with E-state index in [1.54, 1.807) is 0 Å². The van der Waals surface area contributed by atoms with Crippen molar-refractivity contribution < 1.29 is 80.2 Å². The number of aliphatic hydroxyl groups excluding tert-OH is 1. The first-order valence-corrected chi connectivity index (χ1v) is 45.5. The first-order valence-electron chi connectivity index (χ1n) is 42.5. The summed E-state index contributed by atoms with van der Waals surface area (Å²) in [6.07, 6.45) is 63.7. The van der Waals surface area contributed by atoms with Crippen LogP contribution in [0.4, 0.5) is 0 Å². The van der Waals surface area contributed by atoms with Crippen molar-refractivity contribution in [1.29, 1.82) is 0 Å². The van der Waals surface area contributed by atoms with Crippen LogP contribution in [0, 0.1) is 11.8 Å². The summed E-state index contributed by atoms with van der Waals surface area (Å²) in [6.45, 7) is 9.69. The van der Waals surface area contributed by atoms with Gasteiger partial charge in [-0.25, -0.2) is 9.13 Å². The second-order valence-corrected chi connectivity index (χ2v) is 33.1. The lowest BCUT2D eigenvalue weighted by Crippen LogP contribution is -2.30. The largest absolute Gasteiger partial charge is 0.472 e. The minimum absolute atomic E-state index is 0.107. The molecule has 0 saturated heterocycles. The van der Waals surface area contributed by atoms with Gasteiger partial charge in [0.25, 0.3) is 0 Å². The van der Waals surface area contributed by atoms with Crippen LogP contribution in [0.15, 0.2) is 0 Å². The van der Waals surface area contributed by atoms with Gasteiger partial charge in [0.1, 0.15) is 19.3 Å². The Morgan fingerprint density at radius 3 is 0.752 bits per heavy atom. The minimum Gasteiger partial charge on any atom is -0.462 e. The van der Waals surface area contributed by atoms with Gasteiger partial charge in [-0.05, 0) is 37.5 Å². The van der Waals surface area contributed by atoms with E-state index in [-0.39, 0.29) is 25.7 Å². The molecule has 0 amide bonds. The number of rotatable bonds is 81. The lowest BCUT2D eigenvalue weighted by Gasteiger charge is -2.21. The zero-order valence-corrected chi connectivity index (χ0v) is 68.0. The number of phosphoric ester groups is 2. The number of unbranched alkanes of at least 4 members (excludes halogenated alkanes) is 50. The number of phosphoric acid groups is 2. The van der Waals surface area contributed by atoms with Crippen LogP contribution in [-0.2, 0) is 65.4 Å². The van der Waals surface area contributed by atoms with Gasteiger partial charge in [0.15, 0.2) is 12.2 Å². The highest BCUT2D eigenvalue weighted by Crippen LogP contribution is 2.45. The highest BCUT2D eigenvalue weighted by Gasteiger charge is 2.30. The van der Waals surface area contributed by atoms with Crippen LogP contribution in [0.25, 0.3) is 0 Å². The van der Waals surface area contributed by atoms with Crippen LogP contribution in [-0.4, -0.2) is 96.7 Å². The number of esters is 4. The van der Waals surface area contributed by atoms with Crippen molar-refractivity contribution in [2.45, 2.75) is 452 Å². The fraction of sp³-hybridized carbons (Fsp3) is 0.951. The lowest BCUT2D eigenvalue weighted by atomic mass is 9.99. The average Bonchev–Trinajstić information content (AvgIpc) is 0.937. The molecule has 0 aliphatic heterocycles. The number of hydrogen-bond donors (Lipinski definition) is 3. The highest BCUT2D eigenvalue weighted by molar-refractivity contribution is 7.47. The third-order valence-corrected chi connectivity index (χ3v) is 21.5. The molecular weight excluding hydrogens is 1320 g/mol. The second kappa shape index (κ2) is 73.6. The van der Waals surface area contributed by atoms with Gasteiger partial charge in [-0.1, -0.05) is 382 Å². The van der Waals surface area contributed by atoms with Gasteiger partial charge < -0.3 is 33.8 Å². The Balaban J connectivity index is 5.24. The Hall–Kier alpha value is -1.94. The Kier molecular flexibility index (Phi) is 72.2. The summed E-state index contributed by atoms with van der Waals surface area (Å²) in [5, 5.41) is 10.6. The Morgan fingerprint density at radius 2 is 0.505 bits per heavy atom. The lowest BCUT2D eigenvalue weighted by molar-refractivity contribution is -0.161. The standard InChI is InChI=1S/C82H160O17P2/c1-7-10-12-14-16-18-20-22-27-32-35-39-46-52-58-64-79(84)92-70-77(98-82(87)67-61-55-49-41-37-33-29-26-24-23-25-28-31-34-38-44-50-56-62-74(4)5)72-96-100(88,89)94-68-76(83)69-95-101(90,91)97-73-78(71-93-80(85)65-59-53-47-43-42-45-51-57-63-75(6)9-3)99-81(86)66-60-54-48-40-36-30-21-19-17-15-13-11-8-2/h74-78,83H,7-73H2,1-6H3,(H,88,89)(H,90,91)/t75?,76-,77-,78-/m1/s1. The van der Waals surface area contributed by atoms with Crippen LogP contribution >= 0.6 is 15.6 Å². The van der Waals surface area contributed by atoms with E-state index >= 15 is 0 Å². The summed E-state index contributed by atoms with van der Waals surface area (Å²) in [4.78, 5) is 73.1. The quantitative estimate of drug-likeness (QED) is 0.0222. The maximum atomic E-state index is 13.1. The molecule has 0 aromatic heterocycles. The maximum absolute atomic E-state index is 13.1. The van der Waals surface area contributed by atoms with Gasteiger partial charge >= 0.3 is 39.5 Å². The second-order valence-electron chi connectivity index (χ2n) is 30.2. The molecular formula is C82H160O17P2. The van der Waals surface area contributed by atoms with E-state index in [9.17, 15) is 43.2 Å². The van der Waals surface area contributed by atoms with Crippen LogP contribution in [0.5, 0.6) is 0 Å². The summed E-state index contributed by atoms with van der Waals surface area (Å²) >= 11 is 0. The van der Waals surface area contributed by atoms with Crippen LogP contribution in [0.3, 0.4) is 0 Å². The van der Waals surface area contributed by atoms with E-state index in [0.717, 1.165) is 102 Å². The summed E-state index contributed by atoms with van der Waals surface area (Å²) in [5.74, 6) is -0.507. The Morgan fingerprint density at radius 1 is 0.287 bits per heavy atom. The van der Waals surface area contributed by atoms with Gasteiger partial charge in [-0.3, -0.25) is 37.3 Å². The number of carbonyl (C=O) groups excluding carboxylic acids is 4. The summed E-state index contributed by atoms with van der Waals surface area (Å²) in [7, 11) is -9.92. The smallest absolute Gasteiger partial charge is 0.462 e. The van der Waals surface area contributed by atoms with Crippen molar-refractivity contribution in [3.8, 4) is 0 Å². The van der Waals surface area contributed by atoms with Crippen LogP contribution < -0.4 is 0 Å². The molecule has 0 aliphatic rings. The Labute approximate surface area is 619 Å². The van der Waals surface area contributed by atoms with Crippen molar-refractivity contribution in [3.05, 3.63) is 0 Å². The van der Waals surface area contributed by atoms with Crippen molar-refractivity contribution >= 4 is 39.5 Å². The van der Waals surface area contributed by atoms with E-state index in [1.807, 2.05) is 0 Å². The minimum atomic E-state index is -4.96. The van der Waals surface area contributed by atoms with Crippen molar-refractivity contribution in [2.24, 2.45) is 11.8 Å². The molecule has 3 N–H and O–H groups in total. The van der Waals surface area contributed by atoms with E-state index in [0.29, 0.717) is 25.7 Å². The fourth-order valence-electron chi connectivity index (χ4n) is 12.7. The summed E-state index contributed by atoms with van der Waals surface area (Å²) in [6, 6.07) is 0. The predicted molar refractivity (Wildman–Crippen MR) is 414 cm³/mol. The average molecular weight is 1480 g/mol. The van der Waals surface area contributed by atoms with Crippen molar-refractivity contribution in [1.82, 2.24) is 0 Å². The van der Waals surface area contributed by atoms with Crippen LogP contribution in [0.2, 0.25) is 0 Å². The normalized spacial score (nSPS) is 14.2. The maximum Gasteiger partial charge on any atom is 0.472 e. The molecule has 0 aliphatic carbocycles. The molecule has 6 atom stereocenters. The number of aliphatic hydroxyl groups is 1. The molecule has 0 aromatic rings. The Bertz CT molecular complexity index is 1940. The number of hydrogen-bond acceptors (Lipinski definition) is 15. The summed E-state index contributed by atoms with van der Waals surface area (Å²) in [5.41, 5.74) is 0. The molecule has 0 saturated carbocycles. The molecule has 600 valence electrons. The molecule has 0 bridgehead atoms. The predicted octanol–water partition coefficient (Wildman–Crippen LogP) is 24.7. The van der Waals surface area contributed by atoms with E-state index in [4.69, 9.17) is 37.0 Å². The zero-order valence-electron chi connectivity index (χ0n) is 66.2. The molecule has 0 fully saturated rings. The van der Waals surface area contributed by atoms with Gasteiger partial charge in [0.2, 0.25) is 0 Å². The highest BCUT2D eigenvalue weighted by atomic mass is 31.2. The first-order chi connectivity index (χ1) is 48.9. The molecule has 101 heavy (non-hydrogen) atoms. The van der Waals surface area contributed by atoms with E-state index in [1.165, 1.54) is 250 Å².